The Labute approximate surface area is 175 Å². The van der Waals surface area contributed by atoms with Crippen molar-refractivity contribution in [2.24, 2.45) is 0 Å². The van der Waals surface area contributed by atoms with E-state index in [4.69, 9.17) is 0 Å². The van der Waals surface area contributed by atoms with Crippen molar-refractivity contribution in [2.75, 3.05) is 26.2 Å². The van der Waals surface area contributed by atoms with Gasteiger partial charge in [0.05, 0.1) is 6.54 Å². The van der Waals surface area contributed by atoms with Crippen LogP contribution in [-0.4, -0.2) is 82.1 Å². The summed E-state index contributed by atoms with van der Waals surface area (Å²) >= 11 is 1.81. The van der Waals surface area contributed by atoms with E-state index in [9.17, 15) is 14.4 Å². The van der Waals surface area contributed by atoms with Crippen LogP contribution >= 0.6 is 11.8 Å². The van der Waals surface area contributed by atoms with Gasteiger partial charge in [-0.05, 0) is 25.8 Å². The van der Waals surface area contributed by atoms with Crippen LogP contribution < -0.4 is 5.32 Å². The second-order valence-electron chi connectivity index (χ2n) is 8.26. The molecule has 1 aromatic carbocycles. The molecule has 3 heterocycles. The number of hydrogen-bond acceptors (Lipinski definition) is 4. The number of thioether (sulfide) groups is 1. The monoisotopic (exact) mass is 416 g/mol. The summed E-state index contributed by atoms with van der Waals surface area (Å²) in [6.45, 7) is 5.58. The summed E-state index contributed by atoms with van der Waals surface area (Å²) in [5, 5.41) is 3.13. The number of fused-ring (bicyclic) bond motifs is 2. The quantitative estimate of drug-likeness (QED) is 0.808. The van der Waals surface area contributed by atoms with Crippen molar-refractivity contribution in [1.29, 1.82) is 0 Å². The van der Waals surface area contributed by atoms with Crippen LogP contribution in [0.15, 0.2) is 30.3 Å². The van der Waals surface area contributed by atoms with E-state index in [-0.39, 0.29) is 41.7 Å². The van der Waals surface area contributed by atoms with Gasteiger partial charge in [-0.3, -0.25) is 9.59 Å². The van der Waals surface area contributed by atoms with E-state index < -0.39 is 6.04 Å². The first-order valence-corrected chi connectivity index (χ1v) is 11.3. The average Bonchev–Trinajstić information content (AvgIpc) is 3.15. The molecule has 3 unspecified atom stereocenters. The van der Waals surface area contributed by atoms with Gasteiger partial charge in [0, 0.05) is 36.7 Å². The van der Waals surface area contributed by atoms with E-state index in [1.807, 2.05) is 43.8 Å². The Morgan fingerprint density at radius 3 is 2.52 bits per heavy atom. The van der Waals surface area contributed by atoms with Crippen LogP contribution in [0.3, 0.4) is 0 Å². The van der Waals surface area contributed by atoms with E-state index in [0.717, 1.165) is 5.75 Å². The molecule has 3 aliphatic heterocycles. The van der Waals surface area contributed by atoms with Crippen molar-refractivity contribution in [3.8, 4) is 0 Å². The second-order valence-corrected chi connectivity index (χ2v) is 9.55. The van der Waals surface area contributed by atoms with Crippen LogP contribution in [0, 0.1) is 0 Å². The molecule has 0 spiro atoms. The van der Waals surface area contributed by atoms with Crippen molar-refractivity contribution < 1.29 is 14.4 Å². The summed E-state index contributed by atoms with van der Waals surface area (Å²) in [6, 6.07) is 9.23. The molecule has 0 aromatic heterocycles. The van der Waals surface area contributed by atoms with Gasteiger partial charge < -0.3 is 20.0 Å². The summed E-state index contributed by atoms with van der Waals surface area (Å²) in [5.41, 5.74) is 1.25. The molecular weight excluding hydrogens is 388 g/mol. The third-order valence-electron chi connectivity index (χ3n) is 5.81. The zero-order valence-electron chi connectivity index (χ0n) is 16.9. The van der Waals surface area contributed by atoms with Crippen LogP contribution in [0.5, 0.6) is 0 Å². The van der Waals surface area contributed by atoms with Gasteiger partial charge in [0.25, 0.3) is 0 Å². The molecule has 0 saturated carbocycles. The van der Waals surface area contributed by atoms with Crippen molar-refractivity contribution >= 4 is 29.6 Å². The van der Waals surface area contributed by atoms with E-state index in [0.29, 0.717) is 26.1 Å². The van der Waals surface area contributed by atoms with Crippen LogP contribution in [0.2, 0.25) is 0 Å². The van der Waals surface area contributed by atoms with E-state index in [2.05, 4.69) is 17.4 Å². The molecule has 4 amide bonds. The van der Waals surface area contributed by atoms with E-state index in [1.54, 1.807) is 14.7 Å². The molecule has 8 heteroatoms. The lowest BCUT2D eigenvalue weighted by molar-refractivity contribution is -0.162. The largest absolute Gasteiger partial charge is 0.336 e. The zero-order chi connectivity index (χ0) is 20.5. The van der Waals surface area contributed by atoms with Crippen molar-refractivity contribution in [2.45, 2.75) is 49.4 Å². The number of carbonyl (C=O) groups is 3. The maximum absolute atomic E-state index is 13.2. The first-order valence-electron chi connectivity index (χ1n) is 10.3. The van der Waals surface area contributed by atoms with Gasteiger partial charge in [0.2, 0.25) is 11.8 Å². The average molecular weight is 417 g/mol. The van der Waals surface area contributed by atoms with Gasteiger partial charge in [-0.15, -0.1) is 0 Å². The number of amides is 4. The summed E-state index contributed by atoms with van der Waals surface area (Å²) < 4.78 is 0. The van der Waals surface area contributed by atoms with Crippen LogP contribution in [-0.2, 0) is 15.3 Å². The maximum Gasteiger partial charge on any atom is 0.317 e. The first-order chi connectivity index (χ1) is 13.9. The minimum Gasteiger partial charge on any atom is -0.336 e. The number of urea groups is 1. The maximum atomic E-state index is 13.2. The van der Waals surface area contributed by atoms with E-state index in [1.165, 1.54) is 5.56 Å². The highest BCUT2D eigenvalue weighted by atomic mass is 32.2. The van der Waals surface area contributed by atoms with Gasteiger partial charge in [-0.1, -0.05) is 30.3 Å². The molecule has 0 radical (unpaired) electrons. The van der Waals surface area contributed by atoms with Crippen LogP contribution in [0.1, 0.15) is 25.8 Å². The Kier molecular flexibility index (Phi) is 5.72. The number of carbonyl (C=O) groups excluding carboxylic acids is 3. The Hall–Kier alpha value is -2.22. The Morgan fingerprint density at radius 1 is 1.07 bits per heavy atom. The Bertz CT molecular complexity index is 787. The second kappa shape index (κ2) is 8.26. The third kappa shape index (κ3) is 4.08. The molecule has 1 N–H and O–H groups in total. The van der Waals surface area contributed by atoms with Crippen molar-refractivity contribution in [3.63, 3.8) is 0 Å². The number of nitrogens with zero attached hydrogens (tertiary/aromatic N) is 3. The van der Waals surface area contributed by atoms with Gasteiger partial charge >= 0.3 is 6.03 Å². The molecule has 0 bridgehead atoms. The van der Waals surface area contributed by atoms with Crippen molar-refractivity contribution in [1.82, 2.24) is 20.0 Å². The molecule has 156 valence electrons. The van der Waals surface area contributed by atoms with Gasteiger partial charge in [-0.25, -0.2) is 4.79 Å². The lowest BCUT2D eigenvalue weighted by Gasteiger charge is -2.47. The Balaban J connectivity index is 1.40. The number of benzene rings is 1. The molecule has 4 rings (SSSR count). The molecule has 7 nitrogen and oxygen atoms in total. The highest BCUT2D eigenvalue weighted by Gasteiger charge is 2.52. The molecular formula is C21H28N4O3S. The van der Waals surface area contributed by atoms with Crippen LogP contribution in [0.25, 0.3) is 0 Å². The van der Waals surface area contributed by atoms with Gasteiger partial charge in [-0.2, -0.15) is 11.8 Å². The predicted octanol–water partition coefficient (Wildman–Crippen LogP) is 1.53. The minimum absolute atomic E-state index is 0.0144. The third-order valence-corrected chi connectivity index (χ3v) is 7.12. The lowest BCUT2D eigenvalue weighted by atomic mass is 10.0. The lowest BCUT2D eigenvalue weighted by Crippen LogP contribution is -2.69. The fraction of sp³-hybridized carbons (Fsp3) is 0.571. The smallest absolute Gasteiger partial charge is 0.317 e. The molecule has 3 aliphatic rings. The fourth-order valence-electron chi connectivity index (χ4n) is 4.35. The first kappa shape index (κ1) is 20.1. The highest BCUT2D eigenvalue weighted by Crippen LogP contribution is 2.35. The summed E-state index contributed by atoms with van der Waals surface area (Å²) in [5.74, 6) is 0.908. The molecule has 1 aromatic rings. The zero-order valence-corrected chi connectivity index (χ0v) is 17.7. The summed E-state index contributed by atoms with van der Waals surface area (Å²) in [7, 11) is 0. The number of piperazine rings is 2. The fourth-order valence-corrected chi connectivity index (χ4v) is 5.55. The normalized spacial score (nSPS) is 26.6. The van der Waals surface area contributed by atoms with E-state index >= 15 is 0 Å². The minimum atomic E-state index is -0.553. The standard InChI is InChI=1S/C21H28N4O3S/c1-14(2)22-21(28)23-8-9-24-18(12-23)20(27)25-11-16(10-17(25)19(24)26)29-13-15-6-4-3-5-7-15/h3-7,14,16-18H,8-13H2,1-2H3,(H,22,28). The highest BCUT2D eigenvalue weighted by molar-refractivity contribution is 7.99. The van der Waals surface area contributed by atoms with Crippen LogP contribution in [0.4, 0.5) is 4.79 Å². The Morgan fingerprint density at radius 2 is 1.79 bits per heavy atom. The number of rotatable bonds is 4. The molecule has 3 fully saturated rings. The topological polar surface area (TPSA) is 73.0 Å². The summed E-state index contributed by atoms with van der Waals surface area (Å²) in [6.07, 6.45) is 0.711. The van der Waals surface area contributed by atoms with Gasteiger partial charge in [0.1, 0.15) is 12.1 Å². The van der Waals surface area contributed by atoms with Crippen molar-refractivity contribution in [3.05, 3.63) is 35.9 Å². The number of nitrogens with one attached hydrogen (secondary N) is 1. The molecule has 29 heavy (non-hydrogen) atoms. The number of hydrogen-bond donors (Lipinski definition) is 1. The molecule has 3 saturated heterocycles. The SMILES string of the molecule is CC(C)NC(=O)N1CCN2C(=O)C3CC(SCc4ccccc4)CN3C(=O)C2C1. The molecule has 3 atom stereocenters. The van der Waals surface area contributed by atoms with Gasteiger partial charge in [0.15, 0.2) is 0 Å². The predicted molar refractivity (Wildman–Crippen MR) is 112 cm³/mol. The summed E-state index contributed by atoms with van der Waals surface area (Å²) in [4.78, 5) is 43.7. The molecule has 0 aliphatic carbocycles.